The second kappa shape index (κ2) is 11.1. The molecule has 23 heavy (non-hydrogen) atoms. The molecule has 132 valence electrons. The van der Waals surface area contributed by atoms with Gasteiger partial charge >= 0.3 is 0 Å². The Hall–Kier alpha value is -0.520. The van der Waals surface area contributed by atoms with Crippen LogP contribution in [0.3, 0.4) is 0 Å². The van der Waals surface area contributed by atoms with Crippen molar-refractivity contribution in [2.24, 2.45) is 5.92 Å². The number of hydrogen-bond donors (Lipinski definition) is 2. The average molecular weight is 383 g/mol. The fourth-order valence-electron chi connectivity index (χ4n) is 2.73. The lowest BCUT2D eigenvalue weighted by Gasteiger charge is -2.28. The van der Waals surface area contributed by atoms with Crippen LogP contribution in [0.4, 0.5) is 0 Å². The van der Waals surface area contributed by atoms with Crippen LogP contribution < -0.4 is 10.6 Å². The fourth-order valence-corrected chi connectivity index (χ4v) is 2.99. The van der Waals surface area contributed by atoms with Gasteiger partial charge in [-0.25, -0.2) is 0 Å². The molecular formula is C16H26Cl3N3O. The molecule has 0 spiro atoms. The molecule has 1 aliphatic heterocycles. The molecule has 7 heteroatoms. The van der Waals surface area contributed by atoms with Crippen LogP contribution in [0.15, 0.2) is 24.3 Å². The highest BCUT2D eigenvalue weighted by molar-refractivity contribution is 6.31. The van der Waals surface area contributed by atoms with Gasteiger partial charge in [0.05, 0.1) is 12.0 Å². The summed E-state index contributed by atoms with van der Waals surface area (Å²) in [6.45, 7) is 2.38. The molecule has 1 aromatic carbocycles. The topological polar surface area (TPSA) is 44.4 Å². The highest BCUT2D eigenvalue weighted by Gasteiger charge is 2.23. The van der Waals surface area contributed by atoms with Crippen molar-refractivity contribution < 1.29 is 4.79 Å². The molecule has 1 saturated heterocycles. The second-order valence-corrected chi connectivity index (χ2v) is 6.20. The average Bonchev–Trinajstić information content (AvgIpc) is 2.49. The summed E-state index contributed by atoms with van der Waals surface area (Å²) in [6, 6.07) is 7.89. The number of piperidine rings is 1. The highest BCUT2D eigenvalue weighted by Crippen LogP contribution is 2.25. The van der Waals surface area contributed by atoms with Gasteiger partial charge in [0.15, 0.2) is 0 Å². The minimum atomic E-state index is 0. The Bertz CT molecular complexity index is 479. The van der Waals surface area contributed by atoms with Crippen LogP contribution in [0.5, 0.6) is 0 Å². The summed E-state index contributed by atoms with van der Waals surface area (Å²) >= 11 is 6.28. The molecule has 2 atom stereocenters. The van der Waals surface area contributed by atoms with Gasteiger partial charge in [-0.05, 0) is 45.1 Å². The number of rotatable bonds is 5. The molecule has 1 heterocycles. The van der Waals surface area contributed by atoms with E-state index in [0.29, 0.717) is 6.54 Å². The minimum absolute atomic E-state index is 0. The van der Waals surface area contributed by atoms with Crippen molar-refractivity contribution in [2.45, 2.75) is 18.9 Å². The van der Waals surface area contributed by atoms with E-state index in [1.807, 2.05) is 38.4 Å². The summed E-state index contributed by atoms with van der Waals surface area (Å²) in [6.07, 6.45) is 2.04. The number of likely N-dealkylation sites (N-methyl/N-ethyl adjacent to an activating group) is 1. The van der Waals surface area contributed by atoms with Gasteiger partial charge in [-0.3, -0.25) is 4.79 Å². The molecule has 0 bridgehead atoms. The van der Waals surface area contributed by atoms with Gasteiger partial charge in [0, 0.05) is 18.1 Å². The lowest BCUT2D eigenvalue weighted by molar-refractivity contribution is -0.125. The first-order valence-corrected chi connectivity index (χ1v) is 7.86. The third-order valence-electron chi connectivity index (χ3n) is 4.02. The largest absolute Gasteiger partial charge is 0.354 e. The van der Waals surface area contributed by atoms with Crippen molar-refractivity contribution in [3.8, 4) is 0 Å². The molecule has 0 saturated carbocycles. The van der Waals surface area contributed by atoms with Gasteiger partial charge in [-0.2, -0.15) is 0 Å². The van der Waals surface area contributed by atoms with E-state index in [1.54, 1.807) is 0 Å². The molecule has 0 aromatic heterocycles. The Labute approximate surface area is 156 Å². The maximum absolute atomic E-state index is 12.2. The van der Waals surface area contributed by atoms with Crippen molar-refractivity contribution >= 4 is 42.3 Å². The summed E-state index contributed by atoms with van der Waals surface area (Å²) in [7, 11) is 4.00. The number of carbonyl (C=O) groups is 1. The van der Waals surface area contributed by atoms with Gasteiger partial charge in [-0.15, -0.1) is 24.8 Å². The predicted molar refractivity (Wildman–Crippen MR) is 101 cm³/mol. The zero-order chi connectivity index (χ0) is 15.2. The number of carbonyl (C=O) groups excluding carboxylic acids is 1. The number of nitrogens with zero attached hydrogens (tertiary/aromatic N) is 1. The van der Waals surface area contributed by atoms with E-state index in [-0.39, 0.29) is 42.7 Å². The van der Waals surface area contributed by atoms with Crippen molar-refractivity contribution in [1.29, 1.82) is 0 Å². The Morgan fingerprint density at radius 1 is 1.39 bits per heavy atom. The lowest BCUT2D eigenvalue weighted by atomic mass is 9.98. The molecule has 1 aliphatic rings. The minimum Gasteiger partial charge on any atom is -0.354 e. The monoisotopic (exact) mass is 381 g/mol. The second-order valence-electron chi connectivity index (χ2n) is 5.79. The molecule has 2 N–H and O–H groups in total. The standard InChI is InChI=1S/C16H24ClN3O.2ClH/c1-20(2)15(13-7-3-4-8-14(13)17)11-19-16(21)12-6-5-9-18-10-12;;/h3-4,7-8,12,15,18H,5-6,9-11H2,1-2H3,(H,19,21);2*1H. The number of nitrogens with one attached hydrogen (secondary N) is 2. The Morgan fingerprint density at radius 2 is 2.09 bits per heavy atom. The van der Waals surface area contributed by atoms with Crippen LogP contribution >= 0.6 is 36.4 Å². The summed E-state index contributed by atoms with van der Waals surface area (Å²) in [5.74, 6) is 0.230. The summed E-state index contributed by atoms with van der Waals surface area (Å²) in [5.41, 5.74) is 1.05. The van der Waals surface area contributed by atoms with Crippen LogP contribution in [-0.2, 0) is 4.79 Å². The van der Waals surface area contributed by atoms with E-state index in [2.05, 4.69) is 15.5 Å². The molecule has 1 aromatic rings. The Morgan fingerprint density at radius 3 is 2.65 bits per heavy atom. The normalized spacial score (nSPS) is 18.5. The number of hydrogen-bond acceptors (Lipinski definition) is 3. The van der Waals surface area contributed by atoms with Crippen molar-refractivity contribution in [1.82, 2.24) is 15.5 Å². The van der Waals surface area contributed by atoms with Crippen LogP contribution in [0, 0.1) is 5.92 Å². The number of amides is 1. The highest BCUT2D eigenvalue weighted by atomic mass is 35.5. The van der Waals surface area contributed by atoms with Crippen molar-refractivity contribution in [2.75, 3.05) is 33.7 Å². The van der Waals surface area contributed by atoms with E-state index < -0.39 is 0 Å². The fraction of sp³-hybridized carbons (Fsp3) is 0.562. The van der Waals surface area contributed by atoms with Crippen LogP contribution in [-0.4, -0.2) is 44.5 Å². The van der Waals surface area contributed by atoms with Crippen LogP contribution in [0.2, 0.25) is 5.02 Å². The van der Waals surface area contributed by atoms with Crippen LogP contribution in [0.1, 0.15) is 24.4 Å². The van der Waals surface area contributed by atoms with Crippen LogP contribution in [0.25, 0.3) is 0 Å². The summed E-state index contributed by atoms with van der Waals surface area (Å²) in [5, 5.41) is 7.10. The van der Waals surface area contributed by atoms with E-state index in [0.717, 1.165) is 36.5 Å². The predicted octanol–water partition coefficient (Wildman–Crippen LogP) is 2.90. The zero-order valence-corrected chi connectivity index (χ0v) is 15.9. The third-order valence-corrected chi connectivity index (χ3v) is 4.37. The number of halogens is 3. The van der Waals surface area contributed by atoms with Gasteiger partial charge in [0.2, 0.25) is 5.91 Å². The van der Waals surface area contributed by atoms with Gasteiger partial charge < -0.3 is 15.5 Å². The van der Waals surface area contributed by atoms with Crippen molar-refractivity contribution in [3.05, 3.63) is 34.9 Å². The quantitative estimate of drug-likeness (QED) is 0.823. The first-order chi connectivity index (χ1) is 10.1. The lowest BCUT2D eigenvalue weighted by Crippen LogP contribution is -2.43. The number of benzene rings is 1. The molecular weight excluding hydrogens is 357 g/mol. The molecule has 1 amide bonds. The van der Waals surface area contributed by atoms with Gasteiger partial charge in [0.25, 0.3) is 0 Å². The smallest absolute Gasteiger partial charge is 0.224 e. The first kappa shape index (κ1) is 22.5. The zero-order valence-electron chi connectivity index (χ0n) is 13.5. The maximum Gasteiger partial charge on any atom is 0.224 e. The van der Waals surface area contributed by atoms with Gasteiger partial charge in [-0.1, -0.05) is 29.8 Å². The molecule has 4 nitrogen and oxygen atoms in total. The molecule has 1 fully saturated rings. The summed E-state index contributed by atoms with van der Waals surface area (Å²) in [4.78, 5) is 14.3. The van der Waals surface area contributed by atoms with E-state index in [9.17, 15) is 4.79 Å². The van der Waals surface area contributed by atoms with E-state index in [1.165, 1.54) is 0 Å². The van der Waals surface area contributed by atoms with Crippen molar-refractivity contribution in [3.63, 3.8) is 0 Å². The summed E-state index contributed by atoms with van der Waals surface area (Å²) < 4.78 is 0. The molecule has 0 radical (unpaired) electrons. The molecule has 2 unspecified atom stereocenters. The molecule has 2 rings (SSSR count). The van der Waals surface area contributed by atoms with E-state index in [4.69, 9.17) is 11.6 Å². The first-order valence-electron chi connectivity index (χ1n) is 7.49. The third kappa shape index (κ3) is 6.48. The van der Waals surface area contributed by atoms with E-state index >= 15 is 0 Å². The van der Waals surface area contributed by atoms with Gasteiger partial charge in [0.1, 0.15) is 0 Å². The maximum atomic E-state index is 12.2. The SMILES string of the molecule is CN(C)C(CNC(=O)C1CCCNC1)c1ccccc1Cl.Cl.Cl. The molecule has 0 aliphatic carbocycles. The Balaban J connectivity index is 0.00000242. The Kier molecular flexibility index (Phi) is 10.9.